The van der Waals surface area contributed by atoms with Gasteiger partial charge in [-0.3, -0.25) is 0 Å². The number of anilines is 2. The summed E-state index contributed by atoms with van der Waals surface area (Å²) in [7, 11) is 0. The molecule has 1 N–H and O–H groups in total. The van der Waals surface area contributed by atoms with Gasteiger partial charge in [-0.15, -0.1) is 0 Å². The first kappa shape index (κ1) is 15.4. The van der Waals surface area contributed by atoms with E-state index in [1.54, 1.807) is 0 Å². The Bertz CT molecular complexity index is 510. The van der Waals surface area contributed by atoms with Crippen molar-refractivity contribution < 1.29 is 0 Å². The van der Waals surface area contributed by atoms with E-state index in [-0.39, 0.29) is 0 Å². The highest BCUT2D eigenvalue weighted by molar-refractivity contribution is 5.56. The van der Waals surface area contributed by atoms with E-state index < -0.39 is 0 Å². The van der Waals surface area contributed by atoms with Crippen LogP contribution in [-0.2, 0) is 6.54 Å². The van der Waals surface area contributed by atoms with Gasteiger partial charge in [0.15, 0.2) is 0 Å². The maximum atomic E-state index is 4.54. The Kier molecular flexibility index (Phi) is 6.16. The molecule has 1 aromatic carbocycles. The molecule has 0 atom stereocenters. The molecule has 0 amide bonds. The lowest BCUT2D eigenvalue weighted by atomic mass is 10.2. The average Bonchev–Trinajstić information content (AvgIpc) is 2.55. The summed E-state index contributed by atoms with van der Waals surface area (Å²) in [5, 5.41) is 3.29. The van der Waals surface area contributed by atoms with Gasteiger partial charge < -0.3 is 10.2 Å². The van der Waals surface area contributed by atoms with Gasteiger partial charge in [-0.2, -0.15) is 0 Å². The number of nitrogens with zero attached hydrogens (tertiary/aromatic N) is 3. The van der Waals surface area contributed by atoms with Crippen molar-refractivity contribution in [3.63, 3.8) is 0 Å². The summed E-state index contributed by atoms with van der Waals surface area (Å²) in [6.07, 6.45) is 6.10. The summed E-state index contributed by atoms with van der Waals surface area (Å²) in [4.78, 5) is 11.3. The molecule has 2 aromatic rings. The lowest BCUT2D eigenvalue weighted by molar-refractivity contribution is 0.718. The standard InChI is InChI=1S/C17H24N4/c1-3-5-11-21(16-9-7-6-8-10-16)17-19-13-15(14-20-17)12-18-4-2/h6-10,13-14,18H,3-5,11-12H2,1-2H3. The van der Waals surface area contributed by atoms with E-state index in [4.69, 9.17) is 0 Å². The zero-order chi connectivity index (χ0) is 14.9. The first-order valence-electron chi connectivity index (χ1n) is 7.69. The van der Waals surface area contributed by atoms with Crippen LogP contribution in [0.5, 0.6) is 0 Å². The second-order valence-electron chi connectivity index (χ2n) is 5.01. The van der Waals surface area contributed by atoms with Crippen molar-refractivity contribution in [2.45, 2.75) is 33.2 Å². The molecule has 0 aliphatic heterocycles. The minimum absolute atomic E-state index is 0.773. The van der Waals surface area contributed by atoms with Crippen LogP contribution < -0.4 is 10.2 Å². The lowest BCUT2D eigenvalue weighted by Gasteiger charge is -2.22. The van der Waals surface area contributed by atoms with Crippen molar-refractivity contribution in [2.24, 2.45) is 0 Å². The van der Waals surface area contributed by atoms with Gasteiger partial charge in [-0.25, -0.2) is 9.97 Å². The SMILES string of the molecule is CCCCN(c1ccccc1)c1ncc(CNCC)cn1. The molecule has 112 valence electrons. The van der Waals surface area contributed by atoms with Gasteiger partial charge >= 0.3 is 0 Å². The molecule has 0 aliphatic rings. The number of benzene rings is 1. The number of nitrogens with one attached hydrogen (secondary N) is 1. The third kappa shape index (κ3) is 4.53. The Morgan fingerprint density at radius 1 is 1.05 bits per heavy atom. The summed E-state index contributed by atoms with van der Waals surface area (Å²) < 4.78 is 0. The van der Waals surface area contributed by atoms with Gasteiger partial charge in [-0.1, -0.05) is 38.5 Å². The third-order valence-electron chi connectivity index (χ3n) is 3.32. The molecule has 2 rings (SSSR count). The third-order valence-corrected chi connectivity index (χ3v) is 3.32. The van der Waals surface area contributed by atoms with Gasteiger partial charge in [0.05, 0.1) is 0 Å². The molecule has 0 fully saturated rings. The number of para-hydroxylation sites is 1. The minimum Gasteiger partial charge on any atom is -0.313 e. The fourth-order valence-corrected chi connectivity index (χ4v) is 2.12. The molecule has 21 heavy (non-hydrogen) atoms. The summed E-state index contributed by atoms with van der Waals surface area (Å²) in [6.45, 7) is 7.00. The molecule has 0 bridgehead atoms. The smallest absolute Gasteiger partial charge is 0.229 e. The zero-order valence-electron chi connectivity index (χ0n) is 12.9. The van der Waals surface area contributed by atoms with Gasteiger partial charge in [0, 0.05) is 36.7 Å². The van der Waals surface area contributed by atoms with Crippen molar-refractivity contribution in [3.8, 4) is 0 Å². The topological polar surface area (TPSA) is 41.1 Å². The molecule has 0 radical (unpaired) electrons. The molecule has 1 aromatic heterocycles. The normalized spacial score (nSPS) is 10.6. The van der Waals surface area contributed by atoms with E-state index in [2.05, 4.69) is 46.2 Å². The molecule has 0 spiro atoms. The Labute approximate surface area is 127 Å². The second kappa shape index (κ2) is 8.37. The van der Waals surface area contributed by atoms with Crippen LogP contribution >= 0.6 is 0 Å². The molecular formula is C17H24N4. The van der Waals surface area contributed by atoms with Gasteiger partial charge in [0.2, 0.25) is 5.95 Å². The predicted octanol–water partition coefficient (Wildman–Crippen LogP) is 3.52. The Morgan fingerprint density at radius 3 is 2.38 bits per heavy atom. The van der Waals surface area contributed by atoms with Crippen LogP contribution in [0.25, 0.3) is 0 Å². The molecular weight excluding hydrogens is 260 g/mol. The van der Waals surface area contributed by atoms with Crippen LogP contribution in [0.2, 0.25) is 0 Å². The van der Waals surface area contributed by atoms with Crippen molar-refractivity contribution in [3.05, 3.63) is 48.3 Å². The maximum Gasteiger partial charge on any atom is 0.229 e. The molecule has 1 heterocycles. The Hall–Kier alpha value is -1.94. The summed E-state index contributed by atoms with van der Waals surface area (Å²) in [5.74, 6) is 0.773. The van der Waals surface area contributed by atoms with E-state index in [9.17, 15) is 0 Å². The fraction of sp³-hybridized carbons (Fsp3) is 0.412. The highest BCUT2D eigenvalue weighted by Crippen LogP contribution is 2.21. The highest BCUT2D eigenvalue weighted by Gasteiger charge is 2.11. The van der Waals surface area contributed by atoms with Crippen LogP contribution in [0.3, 0.4) is 0 Å². The summed E-state index contributed by atoms with van der Waals surface area (Å²) in [5.41, 5.74) is 2.26. The van der Waals surface area contributed by atoms with Gasteiger partial charge in [0.25, 0.3) is 0 Å². The Morgan fingerprint density at radius 2 is 1.76 bits per heavy atom. The van der Waals surface area contributed by atoms with Crippen molar-refractivity contribution in [1.82, 2.24) is 15.3 Å². The lowest BCUT2D eigenvalue weighted by Crippen LogP contribution is -2.21. The number of unbranched alkanes of at least 4 members (excludes halogenated alkanes) is 1. The van der Waals surface area contributed by atoms with Crippen molar-refractivity contribution in [1.29, 1.82) is 0 Å². The van der Waals surface area contributed by atoms with Crippen LogP contribution in [0.15, 0.2) is 42.7 Å². The molecule has 0 aliphatic carbocycles. The quantitative estimate of drug-likeness (QED) is 0.805. The van der Waals surface area contributed by atoms with Crippen LogP contribution in [-0.4, -0.2) is 23.1 Å². The largest absolute Gasteiger partial charge is 0.313 e. The summed E-state index contributed by atoms with van der Waals surface area (Å²) >= 11 is 0. The summed E-state index contributed by atoms with van der Waals surface area (Å²) in [6, 6.07) is 10.3. The van der Waals surface area contributed by atoms with E-state index in [1.165, 1.54) is 0 Å². The zero-order valence-corrected chi connectivity index (χ0v) is 12.9. The first-order valence-corrected chi connectivity index (χ1v) is 7.69. The fourth-order valence-electron chi connectivity index (χ4n) is 2.12. The second-order valence-corrected chi connectivity index (χ2v) is 5.01. The number of hydrogen-bond donors (Lipinski definition) is 1. The van der Waals surface area contributed by atoms with Crippen LogP contribution in [0.1, 0.15) is 32.3 Å². The average molecular weight is 284 g/mol. The van der Waals surface area contributed by atoms with Crippen LogP contribution in [0.4, 0.5) is 11.6 Å². The van der Waals surface area contributed by atoms with Crippen molar-refractivity contribution in [2.75, 3.05) is 18.0 Å². The molecule has 4 heteroatoms. The van der Waals surface area contributed by atoms with E-state index in [0.29, 0.717) is 0 Å². The van der Waals surface area contributed by atoms with Gasteiger partial charge in [-0.05, 0) is 25.1 Å². The minimum atomic E-state index is 0.773. The number of hydrogen-bond acceptors (Lipinski definition) is 4. The van der Waals surface area contributed by atoms with Crippen LogP contribution in [0, 0.1) is 0 Å². The number of aromatic nitrogens is 2. The predicted molar refractivity (Wildman–Crippen MR) is 87.8 cm³/mol. The van der Waals surface area contributed by atoms with E-state index >= 15 is 0 Å². The van der Waals surface area contributed by atoms with Crippen molar-refractivity contribution >= 4 is 11.6 Å². The number of rotatable bonds is 8. The molecule has 0 unspecified atom stereocenters. The Balaban J connectivity index is 2.16. The van der Waals surface area contributed by atoms with E-state index in [1.807, 2.05) is 30.6 Å². The highest BCUT2D eigenvalue weighted by atomic mass is 15.2. The maximum absolute atomic E-state index is 4.54. The van der Waals surface area contributed by atoms with E-state index in [0.717, 1.165) is 49.7 Å². The van der Waals surface area contributed by atoms with Gasteiger partial charge in [0.1, 0.15) is 0 Å². The molecule has 0 saturated carbocycles. The first-order chi connectivity index (χ1) is 10.3. The monoisotopic (exact) mass is 284 g/mol. The molecule has 0 saturated heterocycles. The molecule has 4 nitrogen and oxygen atoms in total.